The lowest BCUT2D eigenvalue weighted by Crippen LogP contribution is -2.25. The smallest absolute Gasteiger partial charge is 0.0387 e. The van der Waals surface area contributed by atoms with Gasteiger partial charge in [0, 0.05) is 16.7 Å². The van der Waals surface area contributed by atoms with Crippen LogP contribution in [0.25, 0.3) is 11.1 Å². The summed E-state index contributed by atoms with van der Waals surface area (Å²) in [5, 5.41) is 0.512. The van der Waals surface area contributed by atoms with E-state index in [0.717, 1.165) is 26.1 Å². The van der Waals surface area contributed by atoms with Gasteiger partial charge in [0.15, 0.2) is 0 Å². The van der Waals surface area contributed by atoms with Gasteiger partial charge in [-0.15, -0.1) is 11.8 Å². The first-order chi connectivity index (χ1) is 12.1. The molecule has 1 aliphatic heterocycles. The van der Waals surface area contributed by atoms with Gasteiger partial charge in [-0.3, -0.25) is 4.90 Å². The molecule has 0 aliphatic carbocycles. The summed E-state index contributed by atoms with van der Waals surface area (Å²) >= 11 is 2.03. The molecule has 0 aromatic heterocycles. The van der Waals surface area contributed by atoms with Crippen LogP contribution in [0.15, 0.2) is 64.6 Å². The molecule has 2 aromatic rings. The highest BCUT2D eigenvalue weighted by Crippen LogP contribution is 2.51. The van der Waals surface area contributed by atoms with Crippen LogP contribution < -0.4 is 0 Å². The number of fused-ring (bicyclic) bond motifs is 3. The molecule has 0 saturated heterocycles. The summed E-state index contributed by atoms with van der Waals surface area (Å²) in [5.74, 6) is 0. The number of hydrogen-bond acceptors (Lipinski definition) is 2. The number of nitrogens with zero attached hydrogens (tertiary/aromatic N) is 1. The molecule has 1 unspecified atom stereocenters. The molecule has 3 rings (SSSR count). The third-order valence-corrected chi connectivity index (χ3v) is 6.64. The fourth-order valence-corrected chi connectivity index (χ4v) is 4.99. The van der Waals surface area contributed by atoms with Gasteiger partial charge in [-0.05, 0) is 56.1 Å². The first-order valence-corrected chi connectivity index (χ1v) is 10.2. The highest BCUT2D eigenvalue weighted by molar-refractivity contribution is 7.99. The Labute approximate surface area is 157 Å². The number of benzene rings is 2. The maximum atomic E-state index is 2.50. The minimum atomic E-state index is 0.512. The van der Waals surface area contributed by atoms with E-state index in [9.17, 15) is 0 Å². The molecule has 0 bridgehead atoms. The largest absolute Gasteiger partial charge is 0.300 e. The number of rotatable bonds is 6. The van der Waals surface area contributed by atoms with Gasteiger partial charge in [-0.1, -0.05) is 67.5 Å². The van der Waals surface area contributed by atoms with Gasteiger partial charge in [0.2, 0.25) is 0 Å². The minimum absolute atomic E-state index is 0.512. The van der Waals surface area contributed by atoms with Crippen LogP contribution in [0, 0.1) is 0 Å². The van der Waals surface area contributed by atoms with Crippen molar-refractivity contribution in [2.45, 2.75) is 44.3 Å². The summed E-state index contributed by atoms with van der Waals surface area (Å²) < 4.78 is 0. The molecule has 0 radical (unpaired) electrons. The Hall–Kier alpha value is -1.51. The average Bonchev–Trinajstić information content (AvgIpc) is 2.66. The second-order valence-corrected chi connectivity index (χ2v) is 8.16. The lowest BCUT2D eigenvalue weighted by atomic mass is 9.93. The van der Waals surface area contributed by atoms with Crippen molar-refractivity contribution in [2.24, 2.45) is 0 Å². The molecule has 0 amide bonds. The Bertz CT molecular complexity index is 758. The third-order valence-electron chi connectivity index (χ3n) is 5.33. The molecule has 1 aliphatic rings. The lowest BCUT2D eigenvalue weighted by Gasteiger charge is -2.28. The number of hydrogen-bond donors (Lipinski definition) is 0. The summed E-state index contributed by atoms with van der Waals surface area (Å²) in [6.07, 6.45) is 1.13. The SMILES string of the molecule is CCN(CC)C/C(C)=C(/C)CC1Sc2ccccc2-c2ccccc21. The molecule has 1 heterocycles. The van der Waals surface area contributed by atoms with Crippen LogP contribution in [-0.4, -0.2) is 24.5 Å². The molecule has 0 saturated carbocycles. The highest BCUT2D eigenvalue weighted by atomic mass is 32.2. The van der Waals surface area contributed by atoms with Crippen molar-refractivity contribution in [3.8, 4) is 11.1 Å². The Morgan fingerprint density at radius 1 is 0.880 bits per heavy atom. The summed E-state index contributed by atoms with van der Waals surface area (Å²) in [7, 11) is 0. The zero-order valence-electron chi connectivity index (χ0n) is 15.9. The summed E-state index contributed by atoms with van der Waals surface area (Å²) in [6.45, 7) is 12.5. The first kappa shape index (κ1) is 18.3. The van der Waals surface area contributed by atoms with Crippen molar-refractivity contribution < 1.29 is 0 Å². The number of allylic oxidation sites excluding steroid dienone is 1. The zero-order chi connectivity index (χ0) is 17.8. The summed E-state index contributed by atoms with van der Waals surface area (Å²) in [6, 6.07) is 17.8. The molecular weight excluding hydrogens is 322 g/mol. The standard InChI is InChI=1S/C23H29NS/c1-5-24(6-2)16-18(4)17(3)15-23-21-13-8-7-11-19(21)20-12-9-10-14-22(20)25-23/h7-14,23H,5-6,15-16H2,1-4H3/b18-17-. The second-order valence-electron chi connectivity index (χ2n) is 6.92. The molecule has 132 valence electrons. The molecule has 1 nitrogen and oxygen atoms in total. The molecule has 0 spiro atoms. The van der Waals surface area contributed by atoms with Crippen molar-refractivity contribution in [1.29, 1.82) is 0 Å². The van der Waals surface area contributed by atoms with E-state index < -0.39 is 0 Å². The van der Waals surface area contributed by atoms with E-state index in [1.165, 1.54) is 27.2 Å². The molecular formula is C23H29NS. The van der Waals surface area contributed by atoms with E-state index in [-0.39, 0.29) is 0 Å². The van der Waals surface area contributed by atoms with Crippen LogP contribution in [0.3, 0.4) is 0 Å². The monoisotopic (exact) mass is 351 g/mol. The fourth-order valence-electron chi connectivity index (χ4n) is 3.55. The number of thioether (sulfide) groups is 1. The molecule has 1 atom stereocenters. The molecule has 25 heavy (non-hydrogen) atoms. The molecule has 0 fully saturated rings. The van der Waals surface area contributed by atoms with Gasteiger partial charge < -0.3 is 0 Å². The Kier molecular flexibility index (Phi) is 6.03. The van der Waals surface area contributed by atoms with Crippen molar-refractivity contribution in [3.63, 3.8) is 0 Å². The van der Waals surface area contributed by atoms with E-state index in [1.54, 1.807) is 5.57 Å². The van der Waals surface area contributed by atoms with E-state index in [1.807, 2.05) is 11.8 Å². The van der Waals surface area contributed by atoms with E-state index in [0.29, 0.717) is 5.25 Å². The lowest BCUT2D eigenvalue weighted by molar-refractivity contribution is 0.328. The van der Waals surface area contributed by atoms with Crippen LogP contribution in [0.4, 0.5) is 0 Å². The highest BCUT2D eigenvalue weighted by Gasteiger charge is 2.25. The van der Waals surface area contributed by atoms with Crippen molar-refractivity contribution >= 4 is 11.8 Å². The Balaban J connectivity index is 1.86. The first-order valence-electron chi connectivity index (χ1n) is 9.36. The van der Waals surface area contributed by atoms with E-state index >= 15 is 0 Å². The Morgan fingerprint density at radius 3 is 2.24 bits per heavy atom. The fraction of sp³-hybridized carbons (Fsp3) is 0.391. The number of likely N-dealkylation sites (N-methyl/N-ethyl adjacent to an activating group) is 1. The van der Waals surface area contributed by atoms with Gasteiger partial charge >= 0.3 is 0 Å². The summed E-state index contributed by atoms with van der Waals surface area (Å²) in [4.78, 5) is 3.91. The normalized spacial score (nSPS) is 17.1. The van der Waals surface area contributed by atoms with Crippen LogP contribution in [0.1, 0.15) is 44.9 Å². The summed E-state index contributed by atoms with van der Waals surface area (Å²) in [5.41, 5.74) is 7.36. The zero-order valence-corrected chi connectivity index (χ0v) is 16.7. The van der Waals surface area contributed by atoms with Gasteiger partial charge in [-0.25, -0.2) is 0 Å². The van der Waals surface area contributed by atoms with Crippen molar-refractivity contribution in [1.82, 2.24) is 4.90 Å². The van der Waals surface area contributed by atoms with Crippen LogP contribution in [0.5, 0.6) is 0 Å². The van der Waals surface area contributed by atoms with Crippen molar-refractivity contribution in [2.75, 3.05) is 19.6 Å². The Morgan fingerprint density at radius 2 is 1.52 bits per heavy atom. The quantitative estimate of drug-likeness (QED) is 0.542. The second kappa shape index (κ2) is 8.25. The van der Waals surface area contributed by atoms with E-state index in [4.69, 9.17) is 0 Å². The van der Waals surface area contributed by atoms with Crippen LogP contribution >= 0.6 is 11.8 Å². The maximum Gasteiger partial charge on any atom is 0.0387 e. The predicted octanol–water partition coefficient (Wildman–Crippen LogP) is 6.57. The average molecular weight is 352 g/mol. The molecule has 2 heteroatoms. The van der Waals surface area contributed by atoms with Gasteiger partial charge in [0.25, 0.3) is 0 Å². The van der Waals surface area contributed by atoms with Gasteiger partial charge in [0.1, 0.15) is 0 Å². The van der Waals surface area contributed by atoms with Crippen molar-refractivity contribution in [3.05, 3.63) is 65.2 Å². The minimum Gasteiger partial charge on any atom is -0.300 e. The topological polar surface area (TPSA) is 3.24 Å². The molecule has 2 aromatic carbocycles. The van der Waals surface area contributed by atoms with E-state index in [2.05, 4.69) is 81.1 Å². The van der Waals surface area contributed by atoms with Crippen LogP contribution in [-0.2, 0) is 0 Å². The molecule has 0 N–H and O–H groups in total. The maximum absolute atomic E-state index is 2.50. The van der Waals surface area contributed by atoms with Crippen LogP contribution in [0.2, 0.25) is 0 Å². The van der Waals surface area contributed by atoms with Gasteiger partial charge in [0.05, 0.1) is 0 Å². The third kappa shape index (κ3) is 4.02. The van der Waals surface area contributed by atoms with Gasteiger partial charge in [-0.2, -0.15) is 0 Å². The predicted molar refractivity (Wildman–Crippen MR) is 111 cm³/mol.